The lowest BCUT2D eigenvalue weighted by molar-refractivity contribution is -0.117. The summed E-state index contributed by atoms with van der Waals surface area (Å²) in [6.07, 6.45) is 1.40. The molecule has 4 nitrogen and oxygen atoms in total. The van der Waals surface area contributed by atoms with E-state index in [0.717, 1.165) is 12.8 Å². The van der Waals surface area contributed by atoms with Crippen molar-refractivity contribution >= 4 is 11.9 Å². The van der Waals surface area contributed by atoms with Crippen LogP contribution in [0.1, 0.15) is 19.8 Å². The largest absolute Gasteiger partial charge is 0.453 e. The SMILES string of the molecule is C=C(C)C(=O)[C@@H](NC(=O)OC)C1CC1. The first-order valence-electron chi connectivity index (χ1n) is 4.60. The lowest BCUT2D eigenvalue weighted by Gasteiger charge is -2.15. The van der Waals surface area contributed by atoms with Crippen LogP contribution in [0.25, 0.3) is 0 Å². The number of ketones is 1. The molecular weight excluding hydrogens is 182 g/mol. The van der Waals surface area contributed by atoms with Crippen LogP contribution < -0.4 is 5.32 Å². The second-order valence-corrected chi connectivity index (χ2v) is 3.60. The normalized spacial score (nSPS) is 17.0. The zero-order chi connectivity index (χ0) is 10.7. The zero-order valence-electron chi connectivity index (χ0n) is 8.50. The summed E-state index contributed by atoms with van der Waals surface area (Å²) in [4.78, 5) is 22.6. The van der Waals surface area contributed by atoms with E-state index in [2.05, 4.69) is 16.6 Å². The number of rotatable bonds is 4. The number of methoxy groups -OCH3 is 1. The van der Waals surface area contributed by atoms with Crippen molar-refractivity contribution < 1.29 is 14.3 Å². The van der Waals surface area contributed by atoms with Gasteiger partial charge >= 0.3 is 6.09 Å². The van der Waals surface area contributed by atoms with E-state index >= 15 is 0 Å². The number of Topliss-reactive ketones (excluding diaryl/α,β-unsaturated/α-hetero) is 1. The molecule has 1 atom stereocenters. The molecule has 0 spiro atoms. The zero-order valence-corrected chi connectivity index (χ0v) is 8.50. The summed E-state index contributed by atoms with van der Waals surface area (Å²) in [5, 5.41) is 2.54. The van der Waals surface area contributed by atoms with E-state index in [1.165, 1.54) is 7.11 Å². The molecular formula is C10H15NO3. The molecule has 1 saturated carbocycles. The van der Waals surface area contributed by atoms with Gasteiger partial charge in [0.25, 0.3) is 0 Å². The quantitative estimate of drug-likeness (QED) is 0.690. The van der Waals surface area contributed by atoms with Crippen LogP contribution in [-0.4, -0.2) is 25.0 Å². The van der Waals surface area contributed by atoms with Gasteiger partial charge < -0.3 is 10.1 Å². The Morgan fingerprint density at radius 1 is 1.50 bits per heavy atom. The van der Waals surface area contributed by atoms with E-state index in [1.807, 2.05) is 0 Å². The van der Waals surface area contributed by atoms with Crippen molar-refractivity contribution in [2.24, 2.45) is 5.92 Å². The third kappa shape index (κ3) is 2.58. The fraction of sp³-hybridized carbons (Fsp3) is 0.600. The maximum Gasteiger partial charge on any atom is 0.407 e. The first kappa shape index (κ1) is 10.8. The van der Waals surface area contributed by atoms with E-state index in [-0.39, 0.29) is 11.7 Å². The Morgan fingerprint density at radius 2 is 2.07 bits per heavy atom. The molecule has 0 aromatic rings. The van der Waals surface area contributed by atoms with Gasteiger partial charge in [-0.1, -0.05) is 6.58 Å². The predicted octanol–water partition coefficient (Wildman–Crippen LogP) is 1.27. The van der Waals surface area contributed by atoms with Crippen LogP contribution in [0.5, 0.6) is 0 Å². The van der Waals surface area contributed by atoms with Gasteiger partial charge in [-0.25, -0.2) is 4.79 Å². The van der Waals surface area contributed by atoms with Gasteiger partial charge in [0.15, 0.2) is 5.78 Å². The molecule has 0 aliphatic heterocycles. The van der Waals surface area contributed by atoms with Crippen LogP contribution in [0.4, 0.5) is 4.79 Å². The van der Waals surface area contributed by atoms with Gasteiger partial charge in [-0.2, -0.15) is 0 Å². The van der Waals surface area contributed by atoms with Crippen molar-refractivity contribution in [3.05, 3.63) is 12.2 Å². The summed E-state index contributed by atoms with van der Waals surface area (Å²) in [7, 11) is 1.28. The Labute approximate surface area is 83.3 Å². The summed E-state index contributed by atoms with van der Waals surface area (Å²) in [5.41, 5.74) is 0.471. The minimum Gasteiger partial charge on any atom is -0.453 e. The van der Waals surface area contributed by atoms with Crippen LogP contribution >= 0.6 is 0 Å². The summed E-state index contributed by atoms with van der Waals surface area (Å²) < 4.78 is 4.46. The fourth-order valence-corrected chi connectivity index (χ4v) is 1.28. The molecule has 1 fully saturated rings. The van der Waals surface area contributed by atoms with Crippen molar-refractivity contribution in [1.29, 1.82) is 0 Å². The van der Waals surface area contributed by atoms with Gasteiger partial charge in [-0.3, -0.25) is 4.79 Å². The molecule has 1 aliphatic carbocycles. The molecule has 4 heteroatoms. The minimum absolute atomic E-state index is 0.0992. The smallest absolute Gasteiger partial charge is 0.407 e. The highest BCUT2D eigenvalue weighted by molar-refractivity contribution is 6.00. The van der Waals surface area contributed by atoms with Crippen LogP contribution in [0.15, 0.2) is 12.2 Å². The number of ether oxygens (including phenoxy) is 1. The van der Waals surface area contributed by atoms with Gasteiger partial charge in [0.1, 0.15) is 0 Å². The molecule has 0 saturated heterocycles. The number of carbonyl (C=O) groups is 2. The molecule has 0 radical (unpaired) electrons. The van der Waals surface area contributed by atoms with Gasteiger partial charge in [0.05, 0.1) is 13.2 Å². The van der Waals surface area contributed by atoms with Crippen molar-refractivity contribution in [3.63, 3.8) is 0 Å². The second-order valence-electron chi connectivity index (χ2n) is 3.60. The van der Waals surface area contributed by atoms with Gasteiger partial charge in [0, 0.05) is 0 Å². The van der Waals surface area contributed by atoms with Crippen molar-refractivity contribution in [1.82, 2.24) is 5.32 Å². The number of hydrogen-bond donors (Lipinski definition) is 1. The molecule has 14 heavy (non-hydrogen) atoms. The summed E-state index contributed by atoms with van der Waals surface area (Å²) >= 11 is 0. The van der Waals surface area contributed by atoms with Crippen LogP contribution in [-0.2, 0) is 9.53 Å². The Hall–Kier alpha value is -1.32. The standard InChI is InChI=1S/C10H15NO3/c1-6(2)9(12)8(7-4-5-7)11-10(13)14-3/h7-8H,1,4-5H2,2-3H3,(H,11,13)/t8-/m0/s1. The highest BCUT2D eigenvalue weighted by Crippen LogP contribution is 2.33. The van der Waals surface area contributed by atoms with Gasteiger partial charge in [0.2, 0.25) is 0 Å². The van der Waals surface area contributed by atoms with Crippen molar-refractivity contribution in [2.75, 3.05) is 7.11 Å². The summed E-state index contributed by atoms with van der Waals surface area (Å²) in [6.45, 7) is 5.23. The monoisotopic (exact) mass is 197 g/mol. The predicted molar refractivity (Wildman–Crippen MR) is 51.9 cm³/mol. The molecule has 0 unspecified atom stereocenters. The molecule has 0 bridgehead atoms. The van der Waals surface area contributed by atoms with Gasteiger partial charge in [-0.05, 0) is 31.3 Å². The average Bonchev–Trinajstić information content (AvgIpc) is 2.95. The molecule has 1 amide bonds. The highest BCUT2D eigenvalue weighted by atomic mass is 16.5. The minimum atomic E-state index is -0.559. The van der Waals surface area contributed by atoms with Crippen LogP contribution in [0.3, 0.4) is 0 Å². The molecule has 78 valence electrons. The summed E-state index contributed by atoms with van der Waals surface area (Å²) in [5.74, 6) is 0.163. The van der Waals surface area contributed by atoms with Crippen molar-refractivity contribution in [3.8, 4) is 0 Å². The third-order valence-corrected chi connectivity index (χ3v) is 2.26. The maximum absolute atomic E-state index is 11.6. The third-order valence-electron chi connectivity index (χ3n) is 2.26. The maximum atomic E-state index is 11.6. The molecule has 1 rings (SSSR count). The molecule has 0 heterocycles. The number of hydrogen-bond acceptors (Lipinski definition) is 3. The highest BCUT2D eigenvalue weighted by Gasteiger charge is 2.37. The van der Waals surface area contributed by atoms with E-state index in [1.54, 1.807) is 6.92 Å². The lowest BCUT2D eigenvalue weighted by atomic mass is 10.0. The van der Waals surface area contributed by atoms with E-state index in [4.69, 9.17) is 0 Å². The number of amides is 1. The fourth-order valence-electron chi connectivity index (χ4n) is 1.28. The lowest BCUT2D eigenvalue weighted by Crippen LogP contribution is -2.42. The first-order chi connectivity index (χ1) is 6.56. The Balaban J connectivity index is 2.59. The average molecular weight is 197 g/mol. The van der Waals surface area contributed by atoms with Gasteiger partial charge in [-0.15, -0.1) is 0 Å². The Kier molecular flexibility index (Phi) is 3.28. The molecule has 0 aromatic carbocycles. The Bertz CT molecular complexity index is 269. The van der Waals surface area contributed by atoms with Crippen LogP contribution in [0, 0.1) is 5.92 Å². The molecule has 0 aromatic heterocycles. The van der Waals surface area contributed by atoms with E-state index < -0.39 is 12.1 Å². The number of carbonyl (C=O) groups excluding carboxylic acids is 2. The molecule has 1 aliphatic rings. The number of alkyl carbamates (subject to hydrolysis) is 1. The Morgan fingerprint density at radius 3 is 2.43 bits per heavy atom. The first-order valence-corrected chi connectivity index (χ1v) is 4.60. The number of nitrogens with one attached hydrogen (secondary N) is 1. The topological polar surface area (TPSA) is 55.4 Å². The van der Waals surface area contributed by atoms with E-state index in [9.17, 15) is 9.59 Å². The summed E-state index contributed by atoms with van der Waals surface area (Å²) in [6, 6.07) is -0.444. The van der Waals surface area contributed by atoms with E-state index in [0.29, 0.717) is 5.57 Å². The molecule has 1 N–H and O–H groups in total. The van der Waals surface area contributed by atoms with Crippen molar-refractivity contribution in [2.45, 2.75) is 25.8 Å². The van der Waals surface area contributed by atoms with Crippen LogP contribution in [0.2, 0.25) is 0 Å². The second kappa shape index (κ2) is 4.26.